The lowest BCUT2D eigenvalue weighted by Crippen LogP contribution is -2.31. The highest BCUT2D eigenvalue weighted by Crippen LogP contribution is 2.46. The number of hydrogen-bond acceptors (Lipinski definition) is 10. The Labute approximate surface area is 496 Å². The Morgan fingerprint density at radius 1 is 0.412 bits per heavy atom. The average Bonchev–Trinajstić information content (AvgIpc) is 4.49. The van der Waals surface area contributed by atoms with E-state index in [1.165, 1.54) is 0 Å². The summed E-state index contributed by atoms with van der Waals surface area (Å²) in [5.74, 6) is 2.10. The monoisotopic (exact) mass is 1110 g/mol. The van der Waals surface area contributed by atoms with Crippen LogP contribution < -0.4 is 29.7 Å². The van der Waals surface area contributed by atoms with Gasteiger partial charge in [0.15, 0.2) is 0 Å². The van der Waals surface area contributed by atoms with Gasteiger partial charge in [0.1, 0.15) is 17.2 Å². The van der Waals surface area contributed by atoms with Crippen LogP contribution in [0.5, 0.6) is 17.2 Å². The summed E-state index contributed by atoms with van der Waals surface area (Å²) in [5, 5.41) is 13.2. The number of fused-ring (bicyclic) bond motifs is 6. The number of benzene rings is 7. The van der Waals surface area contributed by atoms with Gasteiger partial charge in [-0.15, -0.1) is 0 Å². The predicted octanol–water partition coefficient (Wildman–Crippen LogP) is 14.8. The average molecular weight is 1110 g/mol. The Kier molecular flexibility index (Phi) is 15.2. The lowest BCUT2D eigenvalue weighted by Gasteiger charge is -2.28. The van der Waals surface area contributed by atoms with Gasteiger partial charge < -0.3 is 29.1 Å². The fourth-order valence-electron chi connectivity index (χ4n) is 11.9. The summed E-state index contributed by atoms with van der Waals surface area (Å²) >= 11 is 0. The van der Waals surface area contributed by atoms with E-state index in [-0.39, 0.29) is 12.6 Å². The second-order valence-corrected chi connectivity index (χ2v) is 21.1. The highest BCUT2D eigenvalue weighted by Gasteiger charge is 2.29. The molecule has 418 valence electrons. The smallest absolute Gasteiger partial charge is 0.284 e. The maximum atomic E-state index is 11.8. The van der Waals surface area contributed by atoms with Crippen molar-refractivity contribution in [2.45, 2.75) is 34.1 Å². The first-order valence-electron chi connectivity index (χ1n) is 29.4. The lowest BCUT2D eigenvalue weighted by molar-refractivity contribution is 0.159. The SMILES string of the molecule is CCN(CC)c1ccc2c(c1)Oc1cc(N(CC)CC)ccc1C2=c1ccccc1=C(O)OCCCOc1ccc(C2=C3C=CC(=N3)C(c3ccccc3)=C3C=CC(=N3)C(c3ccccc3)=C3C=CC(=N3)C(c3ccccc3)=C3C=CC2=N3)cc1. The number of anilines is 2. The van der Waals surface area contributed by atoms with Crippen molar-refractivity contribution >= 4 is 68.0 Å². The molecular weight excluding hydrogens is 1050 g/mol. The number of rotatable bonds is 16. The third kappa shape index (κ3) is 10.6. The molecule has 0 aliphatic carbocycles. The molecule has 6 aliphatic rings. The molecule has 85 heavy (non-hydrogen) atoms. The number of allylic oxidation sites excluding steroid dienone is 12. The van der Waals surface area contributed by atoms with Gasteiger partial charge in [-0.05, 0) is 146 Å². The van der Waals surface area contributed by atoms with E-state index in [1.54, 1.807) is 0 Å². The molecule has 1 N–H and O–H groups in total. The second kappa shape index (κ2) is 23.9. The van der Waals surface area contributed by atoms with Crippen LogP contribution in [0.3, 0.4) is 0 Å². The van der Waals surface area contributed by atoms with Crippen LogP contribution in [0.15, 0.2) is 267 Å². The fraction of sp³-hybridized carbons (Fsp3) is 0.147. The summed E-state index contributed by atoms with van der Waals surface area (Å²) < 4.78 is 19.3. The van der Waals surface area contributed by atoms with Gasteiger partial charge in [-0.1, -0.05) is 121 Å². The standard InChI is InChI=1S/C75H64N6O4/c1-5-80(6-2)53-31-35-58-68(47-53)85-69-48-54(81(7-3)8-4)32-36-59(69)74(58)56-27-18-19-28-57(56)75(82)84-46-20-45-83-55-33-29-52(30-34-55)73-66-43-41-64(78-66)71(50-23-14-10-15-24-50)62-39-37-60(76-62)70(49-21-12-9-13-22-49)61-38-40-63(77-61)72(51-25-16-11-17-26-51)65-42-44-67(73)79-65/h9-19,21-44,47-48,82H,5-8,20,45-46H2,1-4H3. The molecule has 10 heteroatoms. The molecule has 0 radical (unpaired) electrons. The first-order chi connectivity index (χ1) is 41.9. The van der Waals surface area contributed by atoms with E-state index in [2.05, 4.69) is 207 Å². The minimum Gasteiger partial charge on any atom is -0.493 e. The van der Waals surface area contributed by atoms with Crippen LogP contribution in [0.25, 0.3) is 33.8 Å². The van der Waals surface area contributed by atoms with Crippen LogP contribution in [-0.2, 0) is 4.74 Å². The zero-order valence-corrected chi connectivity index (χ0v) is 48.2. The number of aliphatic imine (C=N–C) groups is 4. The first kappa shape index (κ1) is 54.0. The van der Waals surface area contributed by atoms with Crippen molar-refractivity contribution in [2.75, 3.05) is 49.2 Å². The highest BCUT2D eigenvalue weighted by atomic mass is 16.6. The van der Waals surface area contributed by atoms with Crippen LogP contribution in [0, 0.1) is 0 Å². The molecule has 0 fully saturated rings. The summed E-state index contributed by atoms with van der Waals surface area (Å²) in [5.41, 5.74) is 19.2. The molecule has 13 rings (SSSR count). The van der Waals surface area contributed by atoms with Gasteiger partial charge in [-0.3, -0.25) is 0 Å². The van der Waals surface area contributed by atoms with Crippen LogP contribution in [0.4, 0.5) is 11.4 Å². The van der Waals surface area contributed by atoms with Crippen LogP contribution >= 0.6 is 0 Å². The summed E-state index contributed by atoms with van der Waals surface area (Å²) in [7, 11) is 0. The number of aliphatic hydroxyl groups is 1. The van der Waals surface area contributed by atoms with Gasteiger partial charge in [0.05, 0.1) is 64.1 Å². The molecule has 0 aromatic heterocycles. The molecular formula is C75H64N6O4. The number of nitrogens with zero attached hydrogens (tertiary/aromatic N) is 6. The molecule has 0 saturated carbocycles. The Morgan fingerprint density at radius 3 is 1.21 bits per heavy atom. The highest BCUT2D eigenvalue weighted by molar-refractivity contribution is 6.39. The van der Waals surface area contributed by atoms with Crippen LogP contribution in [-0.4, -0.2) is 67.3 Å². The Bertz CT molecular complexity index is 4220. The molecule has 6 heterocycles. The van der Waals surface area contributed by atoms with Crippen molar-refractivity contribution < 1.29 is 19.3 Å². The molecule has 0 atom stereocenters. The van der Waals surface area contributed by atoms with Crippen LogP contribution in [0.1, 0.15) is 67.5 Å². The second-order valence-electron chi connectivity index (χ2n) is 21.1. The van der Waals surface area contributed by atoms with Gasteiger partial charge in [-0.2, -0.15) is 0 Å². The first-order valence-corrected chi connectivity index (χ1v) is 29.4. The molecule has 7 aromatic rings. The van der Waals surface area contributed by atoms with Crippen molar-refractivity contribution in [3.05, 3.63) is 291 Å². The molecule has 6 aliphatic heterocycles. The Morgan fingerprint density at radius 2 is 0.800 bits per heavy atom. The number of ether oxygens (including phenoxy) is 3. The van der Waals surface area contributed by atoms with Crippen molar-refractivity contribution in [3.63, 3.8) is 0 Å². The molecule has 0 saturated heterocycles. The summed E-state index contributed by atoms with van der Waals surface area (Å²) in [6.07, 6.45) is 17.2. The molecule has 7 aromatic carbocycles. The van der Waals surface area contributed by atoms with Crippen molar-refractivity contribution in [3.8, 4) is 17.2 Å². The zero-order valence-electron chi connectivity index (χ0n) is 48.2. The quantitative estimate of drug-likeness (QED) is 0.0967. The van der Waals surface area contributed by atoms with Gasteiger partial charge in [-0.25, -0.2) is 20.0 Å². The molecule has 10 nitrogen and oxygen atoms in total. The van der Waals surface area contributed by atoms with E-state index in [9.17, 15) is 5.11 Å². The van der Waals surface area contributed by atoms with E-state index in [0.717, 1.165) is 161 Å². The predicted molar refractivity (Wildman–Crippen MR) is 349 cm³/mol. The molecule has 0 amide bonds. The van der Waals surface area contributed by atoms with Gasteiger partial charge in [0.25, 0.3) is 5.95 Å². The fourth-order valence-corrected chi connectivity index (χ4v) is 11.9. The third-order valence-electron chi connectivity index (χ3n) is 16.1. The van der Waals surface area contributed by atoms with E-state index in [1.807, 2.05) is 54.6 Å². The summed E-state index contributed by atoms with van der Waals surface area (Å²) in [6, 6.07) is 59.9. The minimum absolute atomic E-state index is 0.148. The van der Waals surface area contributed by atoms with E-state index in [4.69, 9.17) is 34.2 Å². The maximum absolute atomic E-state index is 11.8. The third-order valence-corrected chi connectivity index (χ3v) is 16.1. The van der Waals surface area contributed by atoms with Gasteiger partial charge in [0.2, 0.25) is 0 Å². The van der Waals surface area contributed by atoms with Gasteiger partial charge in [0, 0.05) is 95.1 Å². The molecule has 0 spiro atoms. The topological polar surface area (TPSA) is 104 Å². The zero-order chi connectivity index (χ0) is 57.8. The Hall–Kier alpha value is -10.3. The summed E-state index contributed by atoms with van der Waals surface area (Å²) in [6.45, 7) is 12.8. The minimum atomic E-state index is -0.148. The molecule has 8 bridgehead atoms. The summed E-state index contributed by atoms with van der Waals surface area (Å²) in [4.78, 5) is 26.3. The molecule has 0 unspecified atom stereocenters. The van der Waals surface area contributed by atoms with E-state index >= 15 is 0 Å². The van der Waals surface area contributed by atoms with Crippen molar-refractivity contribution in [2.24, 2.45) is 20.0 Å². The lowest BCUT2D eigenvalue weighted by atomic mass is 9.90. The maximum Gasteiger partial charge on any atom is 0.284 e. The van der Waals surface area contributed by atoms with Gasteiger partial charge >= 0.3 is 0 Å². The number of aliphatic hydroxyl groups excluding tert-OH is 1. The van der Waals surface area contributed by atoms with Crippen LogP contribution in [0.2, 0.25) is 0 Å². The largest absolute Gasteiger partial charge is 0.493 e. The Balaban J connectivity index is 0.810. The number of hydrogen-bond donors (Lipinski definition) is 1. The normalized spacial score (nSPS) is 15.8. The van der Waals surface area contributed by atoms with E-state index in [0.29, 0.717) is 24.0 Å². The van der Waals surface area contributed by atoms with Crippen molar-refractivity contribution in [1.82, 2.24) is 0 Å². The van der Waals surface area contributed by atoms with Crippen molar-refractivity contribution in [1.29, 1.82) is 0 Å². The van der Waals surface area contributed by atoms with E-state index < -0.39 is 0 Å².